The first-order valence-corrected chi connectivity index (χ1v) is 7.34. The molecule has 0 spiro atoms. The molecule has 8 heteroatoms. The van der Waals surface area contributed by atoms with E-state index >= 15 is 0 Å². The average molecular weight is 348 g/mol. The van der Waals surface area contributed by atoms with Crippen molar-refractivity contribution in [3.63, 3.8) is 0 Å². The van der Waals surface area contributed by atoms with Crippen LogP contribution in [0.1, 0.15) is 31.1 Å². The monoisotopic (exact) mass is 348 g/mol. The molecule has 2 rings (SSSR count). The maximum Gasteiger partial charge on any atom is 0.413 e. The molecule has 1 aromatic carbocycles. The van der Waals surface area contributed by atoms with Gasteiger partial charge in [0.05, 0.1) is 5.69 Å². The first-order chi connectivity index (χ1) is 11.6. The Morgan fingerprint density at radius 3 is 2.24 bits per heavy atom. The maximum atomic E-state index is 13.1. The van der Waals surface area contributed by atoms with E-state index in [0.717, 1.165) is 22.8 Å². The normalized spacial score (nSPS) is 11.0. The molecular weight excluding hydrogens is 331 g/mol. The van der Waals surface area contributed by atoms with Gasteiger partial charge in [-0.2, -0.15) is 0 Å². The SMILES string of the molecule is CC(C)(C)OC(=O)Nc1ccc(C(=O)O)c(=O)n1-c1ccc(F)cc1. The van der Waals surface area contributed by atoms with Crippen molar-refractivity contribution in [3.05, 3.63) is 58.1 Å². The summed E-state index contributed by atoms with van der Waals surface area (Å²) in [6.07, 6.45) is -0.814. The molecule has 1 amide bonds. The zero-order chi connectivity index (χ0) is 18.8. The highest BCUT2D eigenvalue weighted by molar-refractivity contribution is 5.89. The molecule has 25 heavy (non-hydrogen) atoms. The number of nitrogens with one attached hydrogen (secondary N) is 1. The van der Waals surface area contributed by atoms with E-state index in [1.54, 1.807) is 20.8 Å². The Labute approximate surface area is 142 Å². The molecule has 2 aromatic rings. The van der Waals surface area contributed by atoms with Gasteiger partial charge in [0.25, 0.3) is 5.56 Å². The second kappa shape index (κ2) is 6.76. The molecular formula is C17H17FN2O5. The standard InChI is InChI=1S/C17H17FN2O5/c1-17(2,3)25-16(24)19-13-9-8-12(15(22)23)14(21)20(13)11-6-4-10(18)5-7-11/h4-9H,1-3H3,(H,19,24)(H,22,23). The summed E-state index contributed by atoms with van der Waals surface area (Å²) in [5, 5.41) is 11.5. The number of hydrogen-bond acceptors (Lipinski definition) is 4. The predicted molar refractivity (Wildman–Crippen MR) is 88.8 cm³/mol. The predicted octanol–water partition coefficient (Wildman–Crippen LogP) is 3.02. The fourth-order valence-electron chi connectivity index (χ4n) is 2.05. The molecule has 0 atom stereocenters. The van der Waals surface area contributed by atoms with Gasteiger partial charge in [-0.05, 0) is 57.2 Å². The number of rotatable bonds is 3. The molecule has 0 fully saturated rings. The van der Waals surface area contributed by atoms with Crippen LogP contribution in [0, 0.1) is 5.82 Å². The fourth-order valence-corrected chi connectivity index (χ4v) is 2.05. The van der Waals surface area contributed by atoms with E-state index in [9.17, 15) is 18.8 Å². The number of carbonyl (C=O) groups excluding carboxylic acids is 1. The zero-order valence-electron chi connectivity index (χ0n) is 13.9. The van der Waals surface area contributed by atoms with Gasteiger partial charge in [0, 0.05) is 0 Å². The van der Waals surface area contributed by atoms with Crippen molar-refractivity contribution in [2.45, 2.75) is 26.4 Å². The Kier molecular flexibility index (Phi) is 4.92. The van der Waals surface area contributed by atoms with Gasteiger partial charge in [0.15, 0.2) is 0 Å². The molecule has 132 valence electrons. The van der Waals surface area contributed by atoms with Crippen LogP contribution in [0.5, 0.6) is 0 Å². The van der Waals surface area contributed by atoms with Gasteiger partial charge in [0.1, 0.15) is 22.8 Å². The van der Waals surface area contributed by atoms with Crippen molar-refractivity contribution in [1.82, 2.24) is 4.57 Å². The molecule has 0 unspecified atom stereocenters. The van der Waals surface area contributed by atoms with Crippen molar-refractivity contribution >= 4 is 17.9 Å². The van der Waals surface area contributed by atoms with E-state index in [-0.39, 0.29) is 11.5 Å². The van der Waals surface area contributed by atoms with Crippen molar-refractivity contribution < 1.29 is 23.8 Å². The number of anilines is 1. The highest BCUT2D eigenvalue weighted by atomic mass is 19.1. The molecule has 0 saturated heterocycles. The third-order valence-corrected chi connectivity index (χ3v) is 3.03. The number of nitrogens with zero attached hydrogens (tertiary/aromatic N) is 1. The summed E-state index contributed by atoms with van der Waals surface area (Å²) < 4.78 is 19.2. The van der Waals surface area contributed by atoms with Gasteiger partial charge in [-0.25, -0.2) is 14.0 Å². The molecule has 2 N–H and O–H groups in total. The Balaban J connectivity index is 2.54. The third-order valence-electron chi connectivity index (χ3n) is 3.03. The second-order valence-electron chi connectivity index (χ2n) is 6.18. The number of hydrogen-bond donors (Lipinski definition) is 2. The average Bonchev–Trinajstić information content (AvgIpc) is 2.46. The summed E-state index contributed by atoms with van der Waals surface area (Å²) in [5.74, 6) is -1.94. The maximum absolute atomic E-state index is 13.1. The third kappa shape index (κ3) is 4.43. The van der Waals surface area contributed by atoms with Crippen LogP contribution in [0.4, 0.5) is 15.0 Å². The number of amides is 1. The van der Waals surface area contributed by atoms with Crippen LogP contribution in [0.3, 0.4) is 0 Å². The zero-order valence-corrected chi connectivity index (χ0v) is 13.9. The number of carboxylic acid groups (broad SMARTS) is 1. The van der Waals surface area contributed by atoms with E-state index in [0.29, 0.717) is 0 Å². The first-order valence-electron chi connectivity index (χ1n) is 7.34. The molecule has 0 aliphatic heterocycles. The Morgan fingerprint density at radius 2 is 1.72 bits per heavy atom. The number of halogens is 1. The minimum absolute atomic E-state index is 0.00384. The van der Waals surface area contributed by atoms with E-state index in [2.05, 4.69) is 5.32 Å². The Morgan fingerprint density at radius 1 is 1.12 bits per heavy atom. The largest absolute Gasteiger partial charge is 0.477 e. The smallest absolute Gasteiger partial charge is 0.413 e. The highest BCUT2D eigenvalue weighted by Gasteiger charge is 2.20. The van der Waals surface area contributed by atoms with Gasteiger partial charge in [-0.15, -0.1) is 0 Å². The minimum Gasteiger partial charge on any atom is -0.477 e. The quantitative estimate of drug-likeness (QED) is 0.888. The van der Waals surface area contributed by atoms with Gasteiger partial charge < -0.3 is 9.84 Å². The second-order valence-corrected chi connectivity index (χ2v) is 6.18. The van der Waals surface area contributed by atoms with Crippen LogP contribution in [0.2, 0.25) is 0 Å². The van der Waals surface area contributed by atoms with Crippen molar-refractivity contribution in [2.24, 2.45) is 0 Å². The number of pyridine rings is 1. The first kappa shape index (κ1) is 18.2. The number of aromatic carboxylic acids is 1. The van der Waals surface area contributed by atoms with Crippen LogP contribution >= 0.6 is 0 Å². The molecule has 0 radical (unpaired) electrons. The van der Waals surface area contributed by atoms with Crippen LogP contribution < -0.4 is 10.9 Å². The Bertz CT molecular complexity index is 866. The van der Waals surface area contributed by atoms with Gasteiger partial charge >= 0.3 is 12.1 Å². The van der Waals surface area contributed by atoms with Crippen molar-refractivity contribution in [2.75, 3.05) is 5.32 Å². The summed E-state index contributed by atoms with van der Waals surface area (Å²) in [5.41, 5.74) is -1.92. The number of carbonyl (C=O) groups is 2. The van der Waals surface area contributed by atoms with E-state index < -0.39 is 34.6 Å². The number of aromatic nitrogens is 1. The summed E-state index contributed by atoms with van der Waals surface area (Å²) >= 11 is 0. The number of ether oxygens (including phenoxy) is 1. The molecule has 7 nitrogen and oxygen atoms in total. The molecule has 0 saturated carbocycles. The van der Waals surface area contributed by atoms with Crippen molar-refractivity contribution in [3.8, 4) is 5.69 Å². The van der Waals surface area contributed by atoms with Gasteiger partial charge in [0.2, 0.25) is 0 Å². The summed E-state index contributed by atoms with van der Waals surface area (Å²) in [4.78, 5) is 35.6. The molecule has 1 aromatic heterocycles. The molecule has 0 aliphatic carbocycles. The lowest BCUT2D eigenvalue weighted by molar-refractivity contribution is 0.0633. The lowest BCUT2D eigenvalue weighted by atomic mass is 10.2. The Hall–Kier alpha value is -3.16. The van der Waals surface area contributed by atoms with E-state index in [4.69, 9.17) is 9.84 Å². The van der Waals surface area contributed by atoms with Gasteiger partial charge in [-0.3, -0.25) is 14.7 Å². The van der Waals surface area contributed by atoms with Crippen LogP contribution in [0.15, 0.2) is 41.2 Å². The van der Waals surface area contributed by atoms with Crippen molar-refractivity contribution in [1.29, 1.82) is 0 Å². The van der Waals surface area contributed by atoms with Crippen LogP contribution in [0.25, 0.3) is 5.69 Å². The summed E-state index contributed by atoms with van der Waals surface area (Å²) in [7, 11) is 0. The minimum atomic E-state index is -1.41. The van der Waals surface area contributed by atoms with Gasteiger partial charge in [-0.1, -0.05) is 0 Å². The lowest BCUT2D eigenvalue weighted by Crippen LogP contribution is -2.31. The van der Waals surface area contributed by atoms with Crippen LogP contribution in [-0.4, -0.2) is 27.3 Å². The molecule has 0 bridgehead atoms. The summed E-state index contributed by atoms with van der Waals surface area (Å²) in [6, 6.07) is 7.17. The lowest BCUT2D eigenvalue weighted by Gasteiger charge is -2.21. The van der Waals surface area contributed by atoms with E-state index in [1.165, 1.54) is 18.2 Å². The van der Waals surface area contributed by atoms with Crippen LogP contribution in [-0.2, 0) is 4.74 Å². The number of benzene rings is 1. The number of carboxylic acids is 1. The fraction of sp³-hybridized carbons (Fsp3) is 0.235. The highest BCUT2D eigenvalue weighted by Crippen LogP contribution is 2.16. The topological polar surface area (TPSA) is 97.6 Å². The van der Waals surface area contributed by atoms with E-state index in [1.807, 2.05) is 0 Å². The molecule has 0 aliphatic rings. The summed E-state index contributed by atoms with van der Waals surface area (Å²) in [6.45, 7) is 5.02. The molecule has 1 heterocycles.